The molecule has 1 aromatic carbocycles. The number of carbonyl (C=O) groups is 1. The van der Waals surface area contributed by atoms with Gasteiger partial charge in [0.25, 0.3) is 28.4 Å². The van der Waals surface area contributed by atoms with E-state index in [2.05, 4.69) is 27.5 Å². The van der Waals surface area contributed by atoms with Crippen LogP contribution in [0.4, 0.5) is 24.7 Å². The van der Waals surface area contributed by atoms with Crippen LogP contribution < -0.4 is 16.4 Å². The van der Waals surface area contributed by atoms with E-state index in [0.717, 1.165) is 36.6 Å². The molecule has 2 aromatic rings. The Morgan fingerprint density at radius 1 is 1.22 bits per heavy atom. The number of nitrogens with zero attached hydrogens (tertiary/aromatic N) is 3. The molecule has 2 aliphatic rings. The van der Waals surface area contributed by atoms with Gasteiger partial charge in [-0.1, -0.05) is 4.85 Å². The lowest BCUT2D eigenvalue weighted by Gasteiger charge is -2.30. The first kappa shape index (κ1) is 26.0. The number of anilines is 2. The summed E-state index contributed by atoms with van der Waals surface area (Å²) >= 11 is 0. The Morgan fingerprint density at radius 2 is 1.89 bits per heavy atom. The molecule has 1 aromatic heterocycles. The van der Waals surface area contributed by atoms with E-state index in [4.69, 9.17) is 12.3 Å². The maximum Gasteiger partial charge on any atom is 0.501 e. The number of alkyl halides is 3. The molecule has 1 amide bonds. The lowest BCUT2D eigenvalue weighted by Crippen LogP contribution is -2.44. The molecule has 0 radical (unpaired) electrons. The molecular formula is C23H28F3N6O3S+. The largest absolute Gasteiger partial charge is 0.501 e. The first-order chi connectivity index (χ1) is 16.9. The second kappa shape index (κ2) is 9.74. The minimum Gasteiger partial charge on any atom is -0.365 e. The Kier molecular flexibility index (Phi) is 7.03. The lowest BCUT2D eigenvalue weighted by molar-refractivity contribution is -0.0436. The summed E-state index contributed by atoms with van der Waals surface area (Å²) in [6, 6.07) is 4.20. The van der Waals surface area contributed by atoms with Crippen molar-refractivity contribution < 1.29 is 26.4 Å². The Morgan fingerprint density at radius 3 is 2.44 bits per heavy atom. The van der Waals surface area contributed by atoms with Gasteiger partial charge in [-0.15, -0.1) is 0 Å². The monoisotopic (exact) mass is 525 g/mol. The zero-order valence-electron chi connectivity index (χ0n) is 19.6. The Balaban J connectivity index is 1.51. The van der Waals surface area contributed by atoms with Crippen LogP contribution in [-0.2, 0) is 9.84 Å². The van der Waals surface area contributed by atoms with E-state index in [1.807, 2.05) is 0 Å². The van der Waals surface area contributed by atoms with Gasteiger partial charge < -0.3 is 16.4 Å². The number of rotatable bonds is 8. The topological polar surface area (TPSA) is 123 Å². The maximum absolute atomic E-state index is 12.8. The summed E-state index contributed by atoms with van der Waals surface area (Å²) in [5, 5.41) is 11.0. The zero-order valence-corrected chi connectivity index (χ0v) is 20.4. The highest BCUT2D eigenvalue weighted by molar-refractivity contribution is 7.92. The quantitative estimate of drug-likeness (QED) is 0.481. The maximum atomic E-state index is 12.8. The minimum absolute atomic E-state index is 0.0698. The number of halogens is 3. The minimum atomic E-state index is -5.47. The highest BCUT2D eigenvalue weighted by atomic mass is 32.2. The smallest absolute Gasteiger partial charge is 0.365 e. The number of hydrogen-bond acceptors (Lipinski definition) is 6. The van der Waals surface area contributed by atoms with Gasteiger partial charge in [0, 0.05) is 30.4 Å². The summed E-state index contributed by atoms with van der Waals surface area (Å²) in [5.41, 5.74) is 0.413. The van der Waals surface area contributed by atoms with Crippen molar-refractivity contribution in [1.82, 2.24) is 15.1 Å². The van der Waals surface area contributed by atoms with Crippen LogP contribution >= 0.6 is 0 Å². The van der Waals surface area contributed by atoms with Gasteiger partial charge in [-0.3, -0.25) is 9.48 Å². The number of nitrogens with one attached hydrogen (secondary N) is 2. The van der Waals surface area contributed by atoms with E-state index in [9.17, 15) is 26.4 Å². The predicted octanol–water partition coefficient (Wildman–Crippen LogP) is 3.83. The lowest BCUT2D eigenvalue weighted by atomic mass is 9.86. The molecule has 1 heterocycles. The van der Waals surface area contributed by atoms with Crippen molar-refractivity contribution in [1.29, 1.82) is 0 Å². The van der Waals surface area contributed by atoms with E-state index in [1.54, 1.807) is 4.68 Å². The summed E-state index contributed by atoms with van der Waals surface area (Å²) < 4.78 is 63.1. The molecule has 13 heteroatoms. The molecule has 0 spiro atoms. The summed E-state index contributed by atoms with van der Waals surface area (Å²) in [6.45, 7) is 7.91. The van der Waals surface area contributed by atoms with Crippen LogP contribution in [0.2, 0.25) is 0 Å². The fourth-order valence-electron chi connectivity index (χ4n) is 4.68. The first-order valence-electron chi connectivity index (χ1n) is 11.6. The average Bonchev–Trinajstić information content (AvgIpc) is 3.59. The predicted molar refractivity (Wildman–Crippen MR) is 128 cm³/mol. The van der Waals surface area contributed by atoms with Gasteiger partial charge >= 0.3 is 5.51 Å². The molecule has 9 nitrogen and oxygen atoms in total. The van der Waals surface area contributed by atoms with Crippen molar-refractivity contribution in [2.75, 3.05) is 5.32 Å². The molecule has 4 rings (SSSR count). The Bertz CT molecular complexity index is 1270. The van der Waals surface area contributed by atoms with Crippen molar-refractivity contribution in [3.63, 3.8) is 0 Å². The number of carbonyl (C=O) groups excluding carboxylic acids is 1. The van der Waals surface area contributed by atoms with Crippen LogP contribution in [0.5, 0.6) is 0 Å². The van der Waals surface area contributed by atoms with E-state index in [1.165, 1.54) is 19.0 Å². The molecule has 0 unspecified atom stereocenters. The van der Waals surface area contributed by atoms with Crippen molar-refractivity contribution in [2.24, 2.45) is 11.7 Å². The first-order valence-corrected chi connectivity index (χ1v) is 13.1. The average molecular weight is 526 g/mol. The van der Waals surface area contributed by atoms with Gasteiger partial charge in [-0.25, -0.2) is 8.42 Å². The van der Waals surface area contributed by atoms with Crippen LogP contribution in [0.3, 0.4) is 0 Å². The van der Waals surface area contributed by atoms with Crippen LogP contribution in [0.15, 0.2) is 35.4 Å². The van der Waals surface area contributed by atoms with Gasteiger partial charge in [0.15, 0.2) is 5.82 Å². The molecule has 0 saturated heterocycles. The van der Waals surface area contributed by atoms with Crippen LogP contribution in [0.1, 0.15) is 55.4 Å². The van der Waals surface area contributed by atoms with E-state index in [-0.39, 0.29) is 35.2 Å². The van der Waals surface area contributed by atoms with Gasteiger partial charge in [-0.2, -0.15) is 18.3 Å². The van der Waals surface area contributed by atoms with Gasteiger partial charge in [-0.05, 0) is 62.8 Å². The van der Waals surface area contributed by atoms with Crippen molar-refractivity contribution in [2.45, 2.75) is 73.6 Å². The van der Waals surface area contributed by atoms with Crippen LogP contribution in [0, 0.1) is 12.5 Å². The molecule has 4 N–H and O–H groups in total. The normalized spacial score (nSPS) is 23.6. The molecule has 4 atom stereocenters. The van der Waals surface area contributed by atoms with Crippen molar-refractivity contribution >= 4 is 27.2 Å². The molecule has 36 heavy (non-hydrogen) atoms. The molecule has 194 valence electrons. The molecule has 2 saturated carbocycles. The van der Waals surface area contributed by atoms with Crippen LogP contribution in [0.25, 0.3) is 4.85 Å². The second-order valence-electron chi connectivity index (χ2n) is 9.42. The van der Waals surface area contributed by atoms with Crippen molar-refractivity contribution in [3.8, 4) is 6.57 Å². The number of primary amides is 1. The van der Waals surface area contributed by atoms with Gasteiger partial charge in [0.1, 0.15) is 11.6 Å². The molecular weight excluding hydrogens is 497 g/mol. The van der Waals surface area contributed by atoms with E-state index < -0.39 is 26.1 Å². The Labute approximate surface area is 207 Å². The summed E-state index contributed by atoms with van der Waals surface area (Å²) in [5.74, 6) is 0.0543. The Hall–Kier alpha value is -3.11. The number of benzene rings is 1. The number of hydrogen-bond donors (Lipinski definition) is 3. The third-order valence-electron chi connectivity index (χ3n) is 6.87. The van der Waals surface area contributed by atoms with Gasteiger partial charge in [0.2, 0.25) is 0 Å². The number of sulfone groups is 1. The molecule has 0 bridgehead atoms. The standard InChI is InChI=1S/C23H27F3N6O3S/c1-13(14-3-4-14)29-16-7-10-20(19(11-16)28-2)32-12-18(21(27)33)22(31-32)30-15-5-8-17(9-6-15)36(34,35)23(24,25)26/h2,5-6,8-9,12-14,16,19-20,29H,3-4,7,10-11H2,1H3,(H2-,27,30,31,33)/p+1/t13-,16-,19-,20-/m0/s1. The number of amides is 1. The van der Waals surface area contributed by atoms with Crippen molar-refractivity contribution in [3.05, 3.63) is 40.9 Å². The third kappa shape index (κ3) is 5.34. The second-order valence-corrected chi connectivity index (χ2v) is 11.4. The van der Waals surface area contributed by atoms with Crippen LogP contribution in [-0.4, -0.2) is 47.7 Å². The SMILES string of the molecule is C#[N+][C@H]1C[C@@H](N[C@@H](C)C2CC2)CC[C@@H]1n1cc(C(N)=O)c(Nc2ccc(S(=O)(=O)C(F)(F)F)cc2)n1. The molecule has 0 aliphatic heterocycles. The zero-order chi connectivity index (χ0) is 26.3. The highest BCUT2D eigenvalue weighted by Crippen LogP contribution is 2.36. The fraction of sp³-hybridized carbons (Fsp3) is 0.522. The summed E-state index contributed by atoms with van der Waals surface area (Å²) in [4.78, 5) is 15.2. The molecule has 2 aliphatic carbocycles. The fourth-order valence-corrected chi connectivity index (χ4v) is 5.44. The number of nitrogens with two attached hydrogens (primary N) is 1. The molecule has 2 fully saturated rings. The van der Waals surface area contributed by atoms with E-state index in [0.29, 0.717) is 18.9 Å². The van der Waals surface area contributed by atoms with E-state index >= 15 is 0 Å². The summed E-state index contributed by atoms with van der Waals surface area (Å²) in [6.07, 6.45) is 6.28. The van der Waals surface area contributed by atoms with Gasteiger partial charge in [0.05, 0.1) is 4.90 Å². The number of aromatic nitrogens is 2. The third-order valence-corrected chi connectivity index (χ3v) is 8.37. The summed E-state index contributed by atoms with van der Waals surface area (Å²) in [7, 11) is -5.47. The highest BCUT2D eigenvalue weighted by Gasteiger charge is 2.47.